The molecule has 0 radical (unpaired) electrons. The van der Waals surface area contributed by atoms with Gasteiger partial charge in [0, 0.05) is 11.3 Å². The normalized spacial score (nSPS) is 11.8. The molecule has 0 aliphatic carbocycles. The van der Waals surface area contributed by atoms with Crippen molar-refractivity contribution >= 4 is 23.2 Å². The predicted molar refractivity (Wildman–Crippen MR) is 107 cm³/mol. The molecule has 0 spiro atoms. The molecule has 3 aromatic carbocycles. The van der Waals surface area contributed by atoms with Crippen LogP contribution >= 0.6 is 0 Å². The van der Waals surface area contributed by atoms with Gasteiger partial charge >= 0.3 is 6.18 Å². The van der Waals surface area contributed by atoms with Crippen molar-refractivity contribution < 1.29 is 22.7 Å². The SMILES string of the molecule is COc1ccc(/C=C(/C(=O)Nc2cccc(C(F)(F)F)c2)c2ccccc2)cc1. The van der Waals surface area contributed by atoms with Gasteiger partial charge in [-0.05, 0) is 47.5 Å². The van der Waals surface area contributed by atoms with Gasteiger partial charge in [0.25, 0.3) is 5.91 Å². The van der Waals surface area contributed by atoms with E-state index in [1.54, 1.807) is 61.7 Å². The van der Waals surface area contributed by atoms with Crippen LogP contribution in [0, 0.1) is 0 Å². The molecular formula is C23H18F3NO2. The van der Waals surface area contributed by atoms with Crippen LogP contribution in [0.5, 0.6) is 5.75 Å². The van der Waals surface area contributed by atoms with Crippen LogP contribution in [0.4, 0.5) is 18.9 Å². The highest BCUT2D eigenvalue weighted by Gasteiger charge is 2.30. The van der Waals surface area contributed by atoms with E-state index < -0.39 is 17.6 Å². The number of alkyl halides is 3. The summed E-state index contributed by atoms with van der Waals surface area (Å²) in [5.74, 6) is 0.170. The number of hydrogen-bond donors (Lipinski definition) is 1. The predicted octanol–water partition coefficient (Wildman–Crippen LogP) is 5.89. The van der Waals surface area contributed by atoms with E-state index in [1.807, 2.05) is 6.07 Å². The molecule has 29 heavy (non-hydrogen) atoms. The number of carbonyl (C=O) groups is 1. The number of ether oxygens (including phenoxy) is 1. The Labute approximate surface area is 166 Å². The maximum atomic E-state index is 12.9. The lowest BCUT2D eigenvalue weighted by molar-refractivity contribution is -0.137. The summed E-state index contributed by atoms with van der Waals surface area (Å²) in [6.45, 7) is 0. The first-order chi connectivity index (χ1) is 13.9. The van der Waals surface area contributed by atoms with E-state index in [0.29, 0.717) is 16.9 Å². The first-order valence-electron chi connectivity index (χ1n) is 8.76. The second-order valence-electron chi connectivity index (χ2n) is 6.23. The average Bonchev–Trinajstić information content (AvgIpc) is 2.72. The van der Waals surface area contributed by atoms with Crippen molar-refractivity contribution in [3.05, 3.63) is 95.6 Å². The number of nitrogens with one attached hydrogen (secondary N) is 1. The summed E-state index contributed by atoms with van der Waals surface area (Å²) in [6, 6.07) is 20.6. The number of halogens is 3. The monoisotopic (exact) mass is 397 g/mol. The topological polar surface area (TPSA) is 38.3 Å². The summed E-state index contributed by atoms with van der Waals surface area (Å²) in [5.41, 5.74) is 0.974. The van der Waals surface area contributed by atoms with Crippen LogP contribution < -0.4 is 10.1 Å². The van der Waals surface area contributed by atoms with Crippen LogP contribution in [-0.4, -0.2) is 13.0 Å². The second-order valence-corrected chi connectivity index (χ2v) is 6.23. The summed E-state index contributed by atoms with van der Waals surface area (Å²) in [5, 5.41) is 2.56. The summed E-state index contributed by atoms with van der Waals surface area (Å²) < 4.78 is 44.0. The number of rotatable bonds is 5. The molecule has 0 aromatic heterocycles. The molecule has 0 fully saturated rings. The molecule has 148 valence electrons. The molecule has 0 aliphatic rings. The van der Waals surface area contributed by atoms with Crippen molar-refractivity contribution in [2.24, 2.45) is 0 Å². The Kier molecular flexibility index (Phi) is 6.02. The van der Waals surface area contributed by atoms with E-state index in [0.717, 1.165) is 17.7 Å². The first kappa shape index (κ1) is 20.2. The maximum absolute atomic E-state index is 12.9. The van der Waals surface area contributed by atoms with E-state index in [9.17, 15) is 18.0 Å². The quantitative estimate of drug-likeness (QED) is 0.430. The van der Waals surface area contributed by atoms with Crippen molar-refractivity contribution in [2.75, 3.05) is 12.4 Å². The van der Waals surface area contributed by atoms with Crippen molar-refractivity contribution in [1.29, 1.82) is 0 Å². The van der Waals surface area contributed by atoms with Gasteiger partial charge in [0.05, 0.1) is 12.7 Å². The smallest absolute Gasteiger partial charge is 0.416 e. The molecule has 3 nitrogen and oxygen atoms in total. The van der Waals surface area contributed by atoms with Crippen LogP contribution in [0.2, 0.25) is 0 Å². The molecule has 0 atom stereocenters. The Balaban J connectivity index is 1.94. The Morgan fingerprint density at radius 2 is 1.62 bits per heavy atom. The molecule has 0 aliphatic heterocycles. The third-order valence-corrected chi connectivity index (χ3v) is 4.20. The lowest BCUT2D eigenvalue weighted by Gasteiger charge is -2.12. The van der Waals surface area contributed by atoms with Gasteiger partial charge in [-0.25, -0.2) is 0 Å². The zero-order valence-corrected chi connectivity index (χ0v) is 15.5. The minimum atomic E-state index is -4.48. The molecule has 0 bridgehead atoms. The third kappa shape index (κ3) is 5.25. The number of hydrogen-bond acceptors (Lipinski definition) is 2. The molecule has 3 rings (SSSR count). The van der Waals surface area contributed by atoms with E-state index in [2.05, 4.69) is 5.32 Å². The molecule has 0 unspecified atom stereocenters. The number of methoxy groups -OCH3 is 1. The summed E-state index contributed by atoms with van der Waals surface area (Å²) >= 11 is 0. The van der Waals surface area contributed by atoms with Gasteiger partial charge in [0.1, 0.15) is 5.75 Å². The molecule has 1 amide bonds. The first-order valence-corrected chi connectivity index (χ1v) is 8.76. The number of anilines is 1. The van der Waals surface area contributed by atoms with Crippen LogP contribution in [0.3, 0.4) is 0 Å². The lowest BCUT2D eigenvalue weighted by Crippen LogP contribution is -2.14. The standard InChI is InChI=1S/C23H18F3NO2/c1-29-20-12-10-16(11-13-20)14-21(17-6-3-2-4-7-17)22(28)27-19-9-5-8-18(15-19)23(24,25)26/h2-15H,1H3,(H,27,28)/b21-14+. The minimum Gasteiger partial charge on any atom is -0.497 e. The van der Waals surface area contributed by atoms with Gasteiger partial charge in [-0.2, -0.15) is 13.2 Å². The van der Waals surface area contributed by atoms with Gasteiger partial charge < -0.3 is 10.1 Å². The fraction of sp³-hybridized carbons (Fsp3) is 0.0870. The maximum Gasteiger partial charge on any atom is 0.416 e. The second kappa shape index (κ2) is 8.65. The van der Waals surface area contributed by atoms with Crippen LogP contribution in [0.1, 0.15) is 16.7 Å². The number of amides is 1. The van der Waals surface area contributed by atoms with Crippen molar-refractivity contribution in [1.82, 2.24) is 0 Å². The van der Waals surface area contributed by atoms with Crippen LogP contribution in [0.15, 0.2) is 78.9 Å². The van der Waals surface area contributed by atoms with E-state index in [-0.39, 0.29) is 5.69 Å². The van der Waals surface area contributed by atoms with E-state index >= 15 is 0 Å². The fourth-order valence-corrected chi connectivity index (χ4v) is 2.74. The van der Waals surface area contributed by atoms with E-state index in [1.165, 1.54) is 12.1 Å². The van der Waals surface area contributed by atoms with Gasteiger partial charge in [-0.3, -0.25) is 4.79 Å². The van der Waals surface area contributed by atoms with Crippen molar-refractivity contribution in [2.45, 2.75) is 6.18 Å². The molecule has 0 saturated heterocycles. The Morgan fingerprint density at radius 3 is 2.24 bits per heavy atom. The zero-order valence-electron chi connectivity index (χ0n) is 15.5. The largest absolute Gasteiger partial charge is 0.497 e. The summed E-state index contributed by atoms with van der Waals surface area (Å²) in [4.78, 5) is 12.9. The van der Waals surface area contributed by atoms with E-state index in [4.69, 9.17) is 4.74 Å². The summed E-state index contributed by atoms with van der Waals surface area (Å²) in [6.07, 6.45) is -2.81. The van der Waals surface area contributed by atoms with Gasteiger partial charge in [-0.15, -0.1) is 0 Å². The third-order valence-electron chi connectivity index (χ3n) is 4.20. The highest BCUT2D eigenvalue weighted by molar-refractivity contribution is 6.29. The zero-order chi connectivity index (χ0) is 20.9. The number of benzene rings is 3. The van der Waals surface area contributed by atoms with Gasteiger partial charge in [0.2, 0.25) is 0 Å². The van der Waals surface area contributed by atoms with Crippen LogP contribution in [0.25, 0.3) is 11.6 Å². The Hall–Kier alpha value is -3.54. The number of carbonyl (C=O) groups excluding carboxylic acids is 1. The minimum absolute atomic E-state index is 0.0707. The fourth-order valence-electron chi connectivity index (χ4n) is 2.74. The Morgan fingerprint density at radius 1 is 0.931 bits per heavy atom. The van der Waals surface area contributed by atoms with Crippen LogP contribution in [-0.2, 0) is 11.0 Å². The molecule has 0 heterocycles. The molecule has 1 N–H and O–H groups in total. The lowest BCUT2D eigenvalue weighted by atomic mass is 10.0. The molecule has 6 heteroatoms. The van der Waals surface area contributed by atoms with Gasteiger partial charge in [-0.1, -0.05) is 48.5 Å². The highest BCUT2D eigenvalue weighted by Crippen LogP contribution is 2.31. The Bertz CT molecular complexity index is 1010. The highest BCUT2D eigenvalue weighted by atomic mass is 19.4. The average molecular weight is 397 g/mol. The molecule has 0 saturated carbocycles. The van der Waals surface area contributed by atoms with Crippen molar-refractivity contribution in [3.63, 3.8) is 0 Å². The summed E-state index contributed by atoms with van der Waals surface area (Å²) in [7, 11) is 1.56. The van der Waals surface area contributed by atoms with Crippen molar-refractivity contribution in [3.8, 4) is 5.75 Å². The molecular weight excluding hydrogens is 379 g/mol. The van der Waals surface area contributed by atoms with Gasteiger partial charge in [0.15, 0.2) is 0 Å². The molecule has 3 aromatic rings.